The molecule has 0 atom stereocenters. The van der Waals surface area contributed by atoms with Crippen LogP contribution < -0.4 is 10.2 Å². The average molecular weight is 281 g/mol. The molecular weight excluding hydrogens is 262 g/mol. The van der Waals surface area contributed by atoms with Crippen LogP contribution >= 0.6 is 0 Å². The molecule has 1 aromatic rings. The molecule has 108 valence electrons. The third-order valence-electron chi connectivity index (χ3n) is 3.95. The van der Waals surface area contributed by atoms with E-state index in [1.807, 2.05) is 18.2 Å². The van der Waals surface area contributed by atoms with E-state index in [9.17, 15) is 4.79 Å². The maximum absolute atomic E-state index is 11.9. The van der Waals surface area contributed by atoms with Gasteiger partial charge in [0.2, 0.25) is 0 Å². The van der Waals surface area contributed by atoms with Crippen molar-refractivity contribution in [3.8, 4) is 6.07 Å². The standard InChI is InChI=1S/C17H19N3O/c18-12-14(17(21)19-15-5-6-15)11-13-3-7-16(8-4-13)20-9-1-2-10-20/h3-4,7-8,11,15H,1-2,5-6,9-10H2,(H,19,21)/b14-11+. The second-order valence-electron chi connectivity index (χ2n) is 5.70. The lowest BCUT2D eigenvalue weighted by atomic mass is 10.1. The van der Waals surface area contributed by atoms with E-state index in [1.165, 1.54) is 18.5 Å². The van der Waals surface area contributed by atoms with Gasteiger partial charge in [-0.05, 0) is 49.5 Å². The Morgan fingerprint density at radius 1 is 1.24 bits per heavy atom. The highest BCUT2D eigenvalue weighted by Crippen LogP contribution is 2.22. The van der Waals surface area contributed by atoms with E-state index in [1.54, 1.807) is 6.08 Å². The molecule has 1 aliphatic heterocycles. The quantitative estimate of drug-likeness (QED) is 0.681. The molecule has 1 saturated heterocycles. The van der Waals surface area contributed by atoms with Crippen LogP contribution in [0.15, 0.2) is 29.8 Å². The van der Waals surface area contributed by atoms with Gasteiger partial charge in [-0.15, -0.1) is 0 Å². The van der Waals surface area contributed by atoms with E-state index < -0.39 is 0 Å². The highest BCUT2D eigenvalue weighted by Gasteiger charge is 2.24. The normalized spacial score (nSPS) is 18.4. The summed E-state index contributed by atoms with van der Waals surface area (Å²) in [5.41, 5.74) is 2.28. The smallest absolute Gasteiger partial charge is 0.262 e. The molecule has 1 heterocycles. The molecular formula is C17H19N3O. The molecule has 2 aliphatic rings. The molecule has 1 amide bonds. The van der Waals surface area contributed by atoms with E-state index >= 15 is 0 Å². The minimum absolute atomic E-state index is 0.177. The van der Waals surface area contributed by atoms with Gasteiger partial charge in [-0.1, -0.05) is 12.1 Å². The van der Waals surface area contributed by atoms with Crippen molar-refractivity contribution in [1.29, 1.82) is 5.26 Å². The summed E-state index contributed by atoms with van der Waals surface area (Å²) in [5.74, 6) is -0.261. The summed E-state index contributed by atoms with van der Waals surface area (Å²) in [6.45, 7) is 2.23. The number of rotatable bonds is 4. The summed E-state index contributed by atoms with van der Waals surface area (Å²) in [4.78, 5) is 14.3. The molecule has 4 heteroatoms. The van der Waals surface area contributed by atoms with Gasteiger partial charge >= 0.3 is 0 Å². The number of carbonyl (C=O) groups is 1. The summed E-state index contributed by atoms with van der Waals surface area (Å²) in [5, 5.41) is 12.0. The zero-order valence-electron chi connectivity index (χ0n) is 12.0. The van der Waals surface area contributed by atoms with Gasteiger partial charge in [0.15, 0.2) is 0 Å². The van der Waals surface area contributed by atoms with Crippen molar-refractivity contribution >= 4 is 17.7 Å². The van der Waals surface area contributed by atoms with Crippen LogP contribution in [0.5, 0.6) is 0 Å². The first-order valence-electron chi connectivity index (χ1n) is 7.54. The molecule has 3 rings (SSSR count). The molecule has 1 saturated carbocycles. The van der Waals surface area contributed by atoms with Crippen LogP contribution in [-0.4, -0.2) is 25.0 Å². The first-order valence-corrected chi connectivity index (χ1v) is 7.54. The van der Waals surface area contributed by atoms with Crippen LogP contribution in [0.1, 0.15) is 31.2 Å². The first kappa shape index (κ1) is 13.7. The number of nitrogens with zero attached hydrogens (tertiary/aromatic N) is 2. The number of hydrogen-bond donors (Lipinski definition) is 1. The van der Waals surface area contributed by atoms with Crippen LogP contribution in [0, 0.1) is 11.3 Å². The van der Waals surface area contributed by atoms with Gasteiger partial charge in [0, 0.05) is 24.8 Å². The lowest BCUT2D eigenvalue weighted by molar-refractivity contribution is -0.117. The zero-order valence-corrected chi connectivity index (χ0v) is 12.0. The van der Waals surface area contributed by atoms with Gasteiger partial charge in [-0.3, -0.25) is 4.79 Å². The van der Waals surface area contributed by atoms with Gasteiger partial charge in [-0.2, -0.15) is 5.26 Å². The summed E-state index contributed by atoms with van der Waals surface area (Å²) in [6.07, 6.45) is 6.21. The Bertz CT molecular complexity index is 587. The highest BCUT2D eigenvalue weighted by molar-refractivity contribution is 6.02. The molecule has 4 nitrogen and oxygen atoms in total. The Balaban J connectivity index is 1.71. The van der Waals surface area contributed by atoms with Crippen molar-refractivity contribution in [1.82, 2.24) is 5.32 Å². The second kappa shape index (κ2) is 6.01. The van der Waals surface area contributed by atoms with E-state index in [2.05, 4.69) is 22.3 Å². The van der Waals surface area contributed by atoms with Gasteiger partial charge in [0.05, 0.1) is 0 Å². The van der Waals surface area contributed by atoms with Crippen molar-refractivity contribution in [3.63, 3.8) is 0 Å². The van der Waals surface area contributed by atoms with Gasteiger partial charge in [0.25, 0.3) is 5.91 Å². The Labute approximate surface area is 125 Å². The fraction of sp³-hybridized carbons (Fsp3) is 0.412. The van der Waals surface area contributed by atoms with Crippen LogP contribution in [0.4, 0.5) is 5.69 Å². The molecule has 0 bridgehead atoms. The van der Waals surface area contributed by atoms with Gasteiger partial charge < -0.3 is 10.2 Å². The molecule has 2 fully saturated rings. The monoisotopic (exact) mass is 281 g/mol. The largest absolute Gasteiger partial charge is 0.372 e. The van der Waals surface area contributed by atoms with Gasteiger partial charge in [-0.25, -0.2) is 0 Å². The number of benzene rings is 1. The Hall–Kier alpha value is -2.28. The maximum Gasteiger partial charge on any atom is 0.262 e. The third kappa shape index (κ3) is 3.43. The molecule has 0 spiro atoms. The molecule has 0 aromatic heterocycles. The van der Waals surface area contributed by atoms with E-state index in [-0.39, 0.29) is 17.5 Å². The number of amides is 1. The lowest BCUT2D eigenvalue weighted by Crippen LogP contribution is -2.26. The molecule has 1 aromatic carbocycles. The molecule has 0 unspecified atom stereocenters. The molecule has 0 radical (unpaired) electrons. The number of hydrogen-bond acceptors (Lipinski definition) is 3. The number of carbonyl (C=O) groups excluding carboxylic acids is 1. The number of anilines is 1. The number of nitriles is 1. The predicted molar refractivity (Wildman–Crippen MR) is 82.6 cm³/mol. The Kier molecular flexibility index (Phi) is 3.92. The van der Waals surface area contributed by atoms with E-state index in [4.69, 9.17) is 5.26 Å². The molecule has 1 N–H and O–H groups in total. The van der Waals surface area contributed by atoms with Crippen LogP contribution in [0.3, 0.4) is 0 Å². The Morgan fingerprint density at radius 3 is 2.48 bits per heavy atom. The summed E-state index contributed by atoms with van der Waals surface area (Å²) in [7, 11) is 0. The fourth-order valence-electron chi connectivity index (χ4n) is 2.56. The van der Waals surface area contributed by atoms with Crippen molar-refractivity contribution in [2.45, 2.75) is 31.7 Å². The first-order chi connectivity index (χ1) is 10.3. The predicted octanol–water partition coefficient (Wildman–Crippen LogP) is 2.47. The average Bonchev–Trinajstić information content (AvgIpc) is 3.15. The summed E-state index contributed by atoms with van der Waals surface area (Å²) in [6, 6.07) is 10.3. The molecule has 21 heavy (non-hydrogen) atoms. The van der Waals surface area contributed by atoms with Gasteiger partial charge in [0.1, 0.15) is 11.6 Å². The van der Waals surface area contributed by atoms with Crippen LogP contribution in [-0.2, 0) is 4.79 Å². The Morgan fingerprint density at radius 2 is 1.90 bits per heavy atom. The SMILES string of the molecule is N#C/C(=C\c1ccc(N2CCCC2)cc1)C(=O)NC1CC1. The van der Waals surface area contributed by atoms with Crippen molar-refractivity contribution in [2.75, 3.05) is 18.0 Å². The maximum atomic E-state index is 11.9. The topological polar surface area (TPSA) is 56.1 Å². The summed E-state index contributed by atoms with van der Waals surface area (Å²) < 4.78 is 0. The van der Waals surface area contributed by atoms with Crippen molar-refractivity contribution < 1.29 is 4.79 Å². The minimum atomic E-state index is -0.261. The van der Waals surface area contributed by atoms with Crippen LogP contribution in [0.25, 0.3) is 6.08 Å². The number of nitrogens with one attached hydrogen (secondary N) is 1. The minimum Gasteiger partial charge on any atom is -0.372 e. The highest BCUT2D eigenvalue weighted by atomic mass is 16.1. The third-order valence-corrected chi connectivity index (χ3v) is 3.95. The fourth-order valence-corrected chi connectivity index (χ4v) is 2.56. The molecule has 1 aliphatic carbocycles. The van der Waals surface area contributed by atoms with Crippen molar-refractivity contribution in [3.05, 3.63) is 35.4 Å². The van der Waals surface area contributed by atoms with Crippen molar-refractivity contribution in [2.24, 2.45) is 0 Å². The zero-order chi connectivity index (χ0) is 14.7. The van der Waals surface area contributed by atoms with E-state index in [0.717, 1.165) is 31.5 Å². The lowest BCUT2D eigenvalue weighted by Gasteiger charge is -2.17. The second-order valence-corrected chi connectivity index (χ2v) is 5.70. The van der Waals surface area contributed by atoms with E-state index in [0.29, 0.717) is 0 Å². The summed E-state index contributed by atoms with van der Waals surface area (Å²) >= 11 is 0. The van der Waals surface area contributed by atoms with Crippen LogP contribution in [0.2, 0.25) is 0 Å².